The molecule has 1 nitrogen and oxygen atoms in total. The molecule has 2 aliphatic rings. The number of hydrogen-bond donors (Lipinski definition) is 1. The molecule has 2 saturated carbocycles. The minimum Gasteiger partial charge on any atom is -0.327 e. The summed E-state index contributed by atoms with van der Waals surface area (Å²) in [5.41, 5.74) is 6.94. The summed E-state index contributed by atoms with van der Waals surface area (Å²) < 4.78 is 0. The van der Waals surface area contributed by atoms with E-state index in [-0.39, 0.29) is 0 Å². The van der Waals surface area contributed by atoms with E-state index >= 15 is 0 Å². The summed E-state index contributed by atoms with van der Waals surface area (Å²) in [6, 6.07) is 0.473. The molecule has 2 N–H and O–H groups in total. The highest BCUT2D eigenvalue weighted by atomic mass is 14.7. The SMILES string of the molecule is CC1(C(N)CC2CCCC2)CCCCC1. The Kier molecular flexibility index (Phi) is 3.71. The molecule has 1 atom stereocenters. The van der Waals surface area contributed by atoms with Crippen LogP contribution in [-0.2, 0) is 0 Å². The van der Waals surface area contributed by atoms with Gasteiger partial charge in [-0.25, -0.2) is 0 Å². The topological polar surface area (TPSA) is 26.0 Å². The van der Waals surface area contributed by atoms with Crippen molar-refractivity contribution in [3.05, 3.63) is 0 Å². The standard InChI is InChI=1S/C14H27N/c1-14(9-5-2-6-10-14)13(15)11-12-7-3-4-8-12/h12-13H,2-11,15H2,1H3. The number of nitrogens with two attached hydrogens (primary N) is 1. The first kappa shape index (κ1) is 11.4. The molecule has 0 aromatic carbocycles. The normalized spacial score (nSPS) is 29.2. The average Bonchev–Trinajstić information content (AvgIpc) is 2.71. The van der Waals surface area contributed by atoms with E-state index in [1.165, 1.54) is 64.2 Å². The molecule has 0 bridgehead atoms. The van der Waals surface area contributed by atoms with Crippen LogP contribution in [0.1, 0.15) is 71.1 Å². The molecule has 2 fully saturated rings. The summed E-state index contributed by atoms with van der Waals surface area (Å²) in [5.74, 6) is 0.957. The van der Waals surface area contributed by atoms with Crippen LogP contribution in [0.5, 0.6) is 0 Å². The molecule has 0 heterocycles. The van der Waals surface area contributed by atoms with Gasteiger partial charge in [-0.1, -0.05) is 51.9 Å². The van der Waals surface area contributed by atoms with Crippen LogP contribution in [0.4, 0.5) is 0 Å². The largest absolute Gasteiger partial charge is 0.327 e. The van der Waals surface area contributed by atoms with Gasteiger partial charge in [0.2, 0.25) is 0 Å². The fourth-order valence-electron chi connectivity index (χ4n) is 3.62. The Morgan fingerprint density at radius 1 is 1.07 bits per heavy atom. The van der Waals surface area contributed by atoms with Crippen molar-refractivity contribution >= 4 is 0 Å². The molecule has 15 heavy (non-hydrogen) atoms. The lowest BCUT2D eigenvalue weighted by Gasteiger charge is -2.40. The van der Waals surface area contributed by atoms with Crippen LogP contribution in [-0.4, -0.2) is 6.04 Å². The third-order valence-electron chi connectivity index (χ3n) is 4.95. The summed E-state index contributed by atoms with van der Waals surface area (Å²) in [6.07, 6.45) is 14.1. The third-order valence-corrected chi connectivity index (χ3v) is 4.95. The summed E-state index contributed by atoms with van der Waals surface area (Å²) in [4.78, 5) is 0. The lowest BCUT2D eigenvalue weighted by molar-refractivity contribution is 0.150. The van der Waals surface area contributed by atoms with Crippen LogP contribution >= 0.6 is 0 Å². The Balaban J connectivity index is 1.84. The van der Waals surface area contributed by atoms with E-state index in [1.54, 1.807) is 0 Å². The van der Waals surface area contributed by atoms with Crippen LogP contribution in [0, 0.1) is 11.3 Å². The molecular formula is C14H27N. The Morgan fingerprint density at radius 2 is 1.67 bits per heavy atom. The molecule has 0 radical (unpaired) electrons. The van der Waals surface area contributed by atoms with Crippen LogP contribution in [0.15, 0.2) is 0 Å². The van der Waals surface area contributed by atoms with Crippen molar-refractivity contribution < 1.29 is 0 Å². The van der Waals surface area contributed by atoms with E-state index in [1.807, 2.05) is 0 Å². The first-order valence-corrected chi connectivity index (χ1v) is 6.96. The zero-order chi connectivity index (χ0) is 10.7. The zero-order valence-corrected chi connectivity index (χ0v) is 10.3. The van der Waals surface area contributed by atoms with Gasteiger partial charge < -0.3 is 5.73 Å². The zero-order valence-electron chi connectivity index (χ0n) is 10.3. The lowest BCUT2D eigenvalue weighted by atomic mass is 9.68. The van der Waals surface area contributed by atoms with Gasteiger partial charge in [0, 0.05) is 6.04 Å². The Bertz CT molecular complexity index is 188. The summed E-state index contributed by atoms with van der Waals surface area (Å²) >= 11 is 0. The van der Waals surface area contributed by atoms with Crippen molar-refractivity contribution in [1.29, 1.82) is 0 Å². The molecule has 0 saturated heterocycles. The predicted molar refractivity (Wildman–Crippen MR) is 65.7 cm³/mol. The van der Waals surface area contributed by atoms with Crippen molar-refractivity contribution in [1.82, 2.24) is 0 Å². The Labute approximate surface area is 94.8 Å². The first-order valence-electron chi connectivity index (χ1n) is 6.96. The van der Waals surface area contributed by atoms with Crippen molar-refractivity contribution in [2.24, 2.45) is 17.1 Å². The van der Waals surface area contributed by atoms with E-state index < -0.39 is 0 Å². The first-order chi connectivity index (χ1) is 7.21. The third kappa shape index (κ3) is 2.75. The van der Waals surface area contributed by atoms with E-state index in [0.29, 0.717) is 11.5 Å². The molecular weight excluding hydrogens is 182 g/mol. The van der Waals surface area contributed by atoms with Gasteiger partial charge in [-0.15, -0.1) is 0 Å². The van der Waals surface area contributed by atoms with Gasteiger partial charge in [0.15, 0.2) is 0 Å². The molecule has 0 aliphatic heterocycles. The van der Waals surface area contributed by atoms with Crippen LogP contribution in [0.25, 0.3) is 0 Å². The van der Waals surface area contributed by atoms with Crippen LogP contribution in [0.3, 0.4) is 0 Å². The maximum absolute atomic E-state index is 6.46. The second-order valence-corrected chi connectivity index (χ2v) is 6.21. The van der Waals surface area contributed by atoms with Crippen molar-refractivity contribution in [3.8, 4) is 0 Å². The van der Waals surface area contributed by atoms with Gasteiger partial charge in [0.05, 0.1) is 0 Å². The smallest absolute Gasteiger partial charge is 0.00955 e. The van der Waals surface area contributed by atoms with Crippen LogP contribution < -0.4 is 5.73 Å². The van der Waals surface area contributed by atoms with Gasteiger partial charge in [-0.2, -0.15) is 0 Å². The van der Waals surface area contributed by atoms with Gasteiger partial charge in [0.25, 0.3) is 0 Å². The monoisotopic (exact) mass is 209 g/mol. The van der Waals surface area contributed by atoms with E-state index in [2.05, 4.69) is 6.92 Å². The molecule has 1 unspecified atom stereocenters. The average molecular weight is 209 g/mol. The summed E-state index contributed by atoms with van der Waals surface area (Å²) in [6.45, 7) is 2.44. The van der Waals surface area contributed by atoms with Crippen molar-refractivity contribution in [2.75, 3.05) is 0 Å². The quantitative estimate of drug-likeness (QED) is 0.750. The Morgan fingerprint density at radius 3 is 2.27 bits per heavy atom. The molecule has 0 spiro atoms. The molecule has 2 aliphatic carbocycles. The fourth-order valence-corrected chi connectivity index (χ4v) is 3.62. The maximum Gasteiger partial charge on any atom is 0.00955 e. The van der Waals surface area contributed by atoms with E-state index in [0.717, 1.165) is 5.92 Å². The van der Waals surface area contributed by atoms with Gasteiger partial charge in [0.1, 0.15) is 0 Å². The highest BCUT2D eigenvalue weighted by Gasteiger charge is 2.34. The lowest BCUT2D eigenvalue weighted by Crippen LogP contribution is -2.42. The second-order valence-electron chi connectivity index (χ2n) is 6.21. The summed E-state index contributed by atoms with van der Waals surface area (Å²) in [5, 5.41) is 0. The molecule has 0 amide bonds. The van der Waals surface area contributed by atoms with Crippen LogP contribution in [0.2, 0.25) is 0 Å². The van der Waals surface area contributed by atoms with Crippen molar-refractivity contribution in [3.63, 3.8) is 0 Å². The van der Waals surface area contributed by atoms with Gasteiger partial charge >= 0.3 is 0 Å². The predicted octanol–water partition coefficient (Wildman–Crippen LogP) is 3.86. The van der Waals surface area contributed by atoms with Gasteiger partial charge in [-0.05, 0) is 30.6 Å². The van der Waals surface area contributed by atoms with E-state index in [4.69, 9.17) is 5.73 Å². The second kappa shape index (κ2) is 4.86. The molecule has 0 aromatic heterocycles. The number of rotatable bonds is 3. The highest BCUT2D eigenvalue weighted by Crippen LogP contribution is 2.41. The maximum atomic E-state index is 6.46. The molecule has 1 heteroatoms. The highest BCUT2D eigenvalue weighted by molar-refractivity contribution is 4.89. The molecule has 2 rings (SSSR count). The summed E-state index contributed by atoms with van der Waals surface area (Å²) in [7, 11) is 0. The van der Waals surface area contributed by atoms with Gasteiger partial charge in [-0.3, -0.25) is 0 Å². The fraction of sp³-hybridized carbons (Fsp3) is 1.00. The minimum atomic E-state index is 0.473. The Hall–Kier alpha value is -0.0400. The molecule has 88 valence electrons. The minimum absolute atomic E-state index is 0.473. The van der Waals surface area contributed by atoms with E-state index in [9.17, 15) is 0 Å². The van der Waals surface area contributed by atoms with Crippen molar-refractivity contribution in [2.45, 2.75) is 77.2 Å². The number of hydrogen-bond acceptors (Lipinski definition) is 1. The molecule has 0 aromatic rings.